The number of nitrogens with one attached hydrogen (secondary N) is 1. The van der Waals surface area contributed by atoms with Gasteiger partial charge in [0, 0.05) is 27.6 Å². The lowest BCUT2D eigenvalue weighted by atomic mass is 9.99. The molecule has 0 saturated carbocycles. The van der Waals surface area contributed by atoms with Crippen molar-refractivity contribution in [3.63, 3.8) is 0 Å². The molecule has 9 heteroatoms. The van der Waals surface area contributed by atoms with Crippen molar-refractivity contribution in [3.8, 4) is 11.3 Å². The number of hydrogen-bond donors (Lipinski definition) is 1. The first-order chi connectivity index (χ1) is 17.9. The zero-order valence-electron chi connectivity index (χ0n) is 19.2. The average molecular weight is 556 g/mol. The minimum absolute atomic E-state index is 0.122. The summed E-state index contributed by atoms with van der Waals surface area (Å²) < 4.78 is 5.68. The van der Waals surface area contributed by atoms with Crippen molar-refractivity contribution in [1.82, 2.24) is 4.98 Å². The largest absolute Gasteiger partial charge is 0.452 e. The molecule has 1 heterocycles. The van der Waals surface area contributed by atoms with Gasteiger partial charge in [-0.15, -0.1) is 0 Å². The monoisotopic (exact) mass is 555 g/mol. The van der Waals surface area contributed by atoms with Gasteiger partial charge >= 0.3 is 5.97 Å². The fourth-order valence-corrected chi connectivity index (χ4v) is 4.51. The van der Waals surface area contributed by atoms with Gasteiger partial charge in [0.2, 0.25) is 0 Å². The number of non-ortho nitro benzene ring substituents is 1. The van der Waals surface area contributed by atoms with E-state index in [-0.39, 0.29) is 11.3 Å². The minimum atomic E-state index is -0.669. The topological polar surface area (TPSA) is 111 Å². The average Bonchev–Trinajstić information content (AvgIpc) is 2.91. The Morgan fingerprint density at radius 1 is 0.919 bits per heavy atom. The van der Waals surface area contributed by atoms with Crippen LogP contribution in [0.15, 0.2) is 95.5 Å². The summed E-state index contributed by atoms with van der Waals surface area (Å²) in [6.45, 7) is -0.539. The second kappa shape index (κ2) is 10.2. The first-order valence-electron chi connectivity index (χ1n) is 11.2. The second-order valence-corrected chi connectivity index (χ2v) is 9.00. The fraction of sp³-hybridized carbons (Fsp3) is 0.0357. The molecule has 0 radical (unpaired) electrons. The van der Waals surface area contributed by atoms with E-state index in [1.807, 2.05) is 54.6 Å². The highest BCUT2D eigenvalue weighted by Crippen LogP contribution is 2.31. The fourth-order valence-electron chi connectivity index (χ4n) is 4.05. The molecule has 5 aromatic rings. The van der Waals surface area contributed by atoms with Gasteiger partial charge < -0.3 is 10.1 Å². The molecule has 4 aromatic carbocycles. The number of amides is 1. The summed E-state index contributed by atoms with van der Waals surface area (Å²) in [6.07, 6.45) is 0. The molecule has 0 aliphatic carbocycles. The normalized spacial score (nSPS) is 10.8. The third-order valence-electron chi connectivity index (χ3n) is 5.77. The number of aromatic nitrogens is 1. The summed E-state index contributed by atoms with van der Waals surface area (Å²) in [7, 11) is 0. The van der Waals surface area contributed by atoms with Crippen molar-refractivity contribution in [2.75, 3.05) is 11.9 Å². The molecule has 0 unspecified atom stereocenters. The van der Waals surface area contributed by atoms with Crippen LogP contribution in [0.25, 0.3) is 32.9 Å². The highest BCUT2D eigenvalue weighted by Gasteiger charge is 2.18. The lowest BCUT2D eigenvalue weighted by Gasteiger charge is -2.12. The van der Waals surface area contributed by atoms with Crippen LogP contribution in [0.2, 0.25) is 0 Å². The lowest BCUT2D eigenvalue weighted by molar-refractivity contribution is -0.384. The number of nitro groups is 1. The Labute approximate surface area is 219 Å². The van der Waals surface area contributed by atoms with E-state index in [1.165, 1.54) is 18.2 Å². The Hall–Kier alpha value is -4.63. The summed E-state index contributed by atoms with van der Waals surface area (Å²) >= 11 is 3.20. The number of benzene rings is 4. The zero-order chi connectivity index (χ0) is 25.9. The molecule has 8 nitrogen and oxygen atoms in total. The van der Waals surface area contributed by atoms with E-state index in [0.717, 1.165) is 16.3 Å². The van der Waals surface area contributed by atoms with Gasteiger partial charge in [0.25, 0.3) is 11.6 Å². The number of pyridine rings is 1. The molecule has 0 saturated heterocycles. The van der Waals surface area contributed by atoms with Gasteiger partial charge in [0.05, 0.1) is 27.4 Å². The van der Waals surface area contributed by atoms with Gasteiger partial charge in [0.1, 0.15) is 0 Å². The SMILES string of the molecule is O=C(COC(=O)c1cc(-c2cccc3ccccc23)nc2ccccc12)Nc1ccc([N+](=O)[O-])cc1Br. The van der Waals surface area contributed by atoms with Crippen LogP contribution in [0, 0.1) is 10.1 Å². The molecule has 37 heavy (non-hydrogen) atoms. The number of carbonyl (C=O) groups excluding carboxylic acids is 2. The van der Waals surface area contributed by atoms with Crippen molar-refractivity contribution < 1.29 is 19.2 Å². The third-order valence-corrected chi connectivity index (χ3v) is 6.43. The van der Waals surface area contributed by atoms with Gasteiger partial charge in [-0.25, -0.2) is 9.78 Å². The number of esters is 1. The smallest absolute Gasteiger partial charge is 0.339 e. The molecule has 1 amide bonds. The maximum Gasteiger partial charge on any atom is 0.339 e. The van der Waals surface area contributed by atoms with Gasteiger partial charge in [-0.2, -0.15) is 0 Å². The van der Waals surface area contributed by atoms with Crippen molar-refractivity contribution >= 4 is 60.9 Å². The number of nitro benzene ring substituents is 1. The number of hydrogen-bond acceptors (Lipinski definition) is 6. The Morgan fingerprint density at radius 2 is 1.65 bits per heavy atom. The van der Waals surface area contributed by atoms with Crippen LogP contribution >= 0.6 is 15.9 Å². The predicted molar refractivity (Wildman–Crippen MR) is 144 cm³/mol. The van der Waals surface area contributed by atoms with E-state index in [0.29, 0.717) is 26.8 Å². The van der Waals surface area contributed by atoms with Crippen LogP contribution in [0.4, 0.5) is 11.4 Å². The van der Waals surface area contributed by atoms with E-state index < -0.39 is 23.4 Å². The summed E-state index contributed by atoms with van der Waals surface area (Å²) in [5.41, 5.74) is 2.60. The second-order valence-electron chi connectivity index (χ2n) is 8.14. The van der Waals surface area contributed by atoms with E-state index >= 15 is 0 Å². The van der Waals surface area contributed by atoms with E-state index in [9.17, 15) is 19.7 Å². The van der Waals surface area contributed by atoms with Crippen molar-refractivity contribution in [2.45, 2.75) is 0 Å². The zero-order valence-corrected chi connectivity index (χ0v) is 20.8. The predicted octanol–water partition coefficient (Wildman–Crippen LogP) is 6.52. The lowest BCUT2D eigenvalue weighted by Crippen LogP contribution is -2.21. The maximum atomic E-state index is 13.1. The highest BCUT2D eigenvalue weighted by molar-refractivity contribution is 9.10. The summed E-state index contributed by atoms with van der Waals surface area (Å²) in [5.74, 6) is -1.26. The first-order valence-corrected chi connectivity index (χ1v) is 12.0. The van der Waals surface area contributed by atoms with Gasteiger partial charge in [0.15, 0.2) is 6.61 Å². The van der Waals surface area contributed by atoms with E-state index in [4.69, 9.17) is 9.72 Å². The quantitative estimate of drug-likeness (QED) is 0.145. The summed E-state index contributed by atoms with van der Waals surface area (Å²) in [6, 6.07) is 26.7. The molecule has 0 fully saturated rings. The Balaban J connectivity index is 1.41. The number of halogens is 1. The maximum absolute atomic E-state index is 13.1. The van der Waals surface area contributed by atoms with Crippen LogP contribution in [0.5, 0.6) is 0 Å². The number of rotatable bonds is 6. The number of anilines is 1. The highest BCUT2D eigenvalue weighted by atomic mass is 79.9. The Kier molecular flexibility index (Phi) is 6.61. The molecular weight excluding hydrogens is 538 g/mol. The molecule has 182 valence electrons. The molecule has 0 bridgehead atoms. The number of nitrogens with zero attached hydrogens (tertiary/aromatic N) is 2. The number of fused-ring (bicyclic) bond motifs is 2. The van der Waals surface area contributed by atoms with Crippen LogP contribution in [-0.2, 0) is 9.53 Å². The first kappa shape index (κ1) is 24.1. The van der Waals surface area contributed by atoms with Gasteiger partial charge in [-0.1, -0.05) is 60.7 Å². The number of carbonyl (C=O) groups is 2. The summed E-state index contributed by atoms with van der Waals surface area (Å²) in [5, 5.41) is 16.1. The Morgan fingerprint density at radius 3 is 2.43 bits per heavy atom. The molecular formula is C28H18BrN3O5. The van der Waals surface area contributed by atoms with Crippen LogP contribution in [0.3, 0.4) is 0 Å². The van der Waals surface area contributed by atoms with Crippen LogP contribution < -0.4 is 5.32 Å². The number of para-hydroxylation sites is 1. The van der Waals surface area contributed by atoms with E-state index in [1.54, 1.807) is 18.2 Å². The summed E-state index contributed by atoms with van der Waals surface area (Å²) in [4.78, 5) is 40.7. The van der Waals surface area contributed by atoms with Gasteiger partial charge in [-0.3, -0.25) is 14.9 Å². The molecule has 1 aromatic heterocycles. The van der Waals surface area contributed by atoms with Crippen LogP contribution in [0.1, 0.15) is 10.4 Å². The molecule has 1 N–H and O–H groups in total. The van der Waals surface area contributed by atoms with Crippen molar-refractivity contribution in [1.29, 1.82) is 0 Å². The Bertz CT molecular complexity index is 1700. The molecule has 0 atom stereocenters. The molecule has 5 rings (SSSR count). The van der Waals surface area contributed by atoms with Crippen molar-refractivity contribution in [2.24, 2.45) is 0 Å². The number of ether oxygens (including phenoxy) is 1. The van der Waals surface area contributed by atoms with Gasteiger partial charge in [-0.05, 0) is 44.9 Å². The third kappa shape index (κ3) is 5.03. The van der Waals surface area contributed by atoms with Crippen molar-refractivity contribution in [3.05, 3.63) is 111 Å². The molecule has 0 aliphatic heterocycles. The minimum Gasteiger partial charge on any atom is -0.452 e. The molecule has 0 spiro atoms. The van der Waals surface area contributed by atoms with Crippen LogP contribution in [-0.4, -0.2) is 28.4 Å². The molecule has 0 aliphatic rings. The van der Waals surface area contributed by atoms with E-state index in [2.05, 4.69) is 21.2 Å². The standard InChI is InChI=1S/C28H18BrN3O5/c29-23-14-18(32(35)36)12-13-25(23)31-27(33)16-37-28(34)22-15-26(30-24-11-4-3-9-21(22)24)20-10-5-7-17-6-1-2-8-19(17)20/h1-15H,16H2,(H,31,33).